The normalized spacial score (nSPS) is 12.1. The van der Waals surface area contributed by atoms with Crippen LogP contribution in [0.2, 0.25) is 0 Å². The van der Waals surface area contributed by atoms with Crippen LogP contribution in [0.4, 0.5) is 5.69 Å². The summed E-state index contributed by atoms with van der Waals surface area (Å²) in [5, 5.41) is 12.7. The number of aliphatic carboxylic acids is 1. The van der Waals surface area contributed by atoms with Gasteiger partial charge in [0.25, 0.3) is 0 Å². The number of hydrogen-bond donors (Lipinski definition) is 2. The zero-order valence-corrected chi connectivity index (χ0v) is 19.1. The van der Waals surface area contributed by atoms with Crippen LogP contribution in [-0.4, -0.2) is 17.1 Å². The smallest absolute Gasteiger partial charge is 0.326 e. The van der Waals surface area contributed by atoms with Crippen molar-refractivity contribution in [1.29, 1.82) is 0 Å². The minimum atomic E-state index is -0.747. The molecule has 0 aliphatic rings. The Labute approximate surface area is 179 Å². The largest absolute Gasteiger partial charge is 0.480 e. The Hall–Kier alpha value is -1.51. The van der Waals surface area contributed by atoms with Gasteiger partial charge in [-0.05, 0) is 37.0 Å². The Bertz CT molecular complexity index is 512. The second-order valence-electron chi connectivity index (χ2n) is 8.51. The number of carboxylic acid groups (broad SMARTS) is 1. The first kappa shape index (κ1) is 25.5. The molecule has 1 aromatic rings. The van der Waals surface area contributed by atoms with E-state index in [0.717, 1.165) is 24.9 Å². The van der Waals surface area contributed by atoms with Crippen molar-refractivity contribution < 1.29 is 9.90 Å². The van der Waals surface area contributed by atoms with Crippen LogP contribution >= 0.6 is 0 Å². The highest BCUT2D eigenvalue weighted by Gasteiger charge is 2.16. The lowest BCUT2D eigenvalue weighted by molar-refractivity contribution is -0.138. The number of anilines is 1. The molecule has 0 radical (unpaired) electrons. The third-order valence-electron chi connectivity index (χ3n) is 5.76. The van der Waals surface area contributed by atoms with E-state index in [9.17, 15) is 9.90 Å². The van der Waals surface area contributed by atoms with Gasteiger partial charge in [0.15, 0.2) is 0 Å². The van der Waals surface area contributed by atoms with E-state index in [0.29, 0.717) is 6.42 Å². The van der Waals surface area contributed by atoms with Gasteiger partial charge in [-0.1, -0.05) is 109 Å². The number of carbonyl (C=O) groups is 1. The molecule has 29 heavy (non-hydrogen) atoms. The van der Waals surface area contributed by atoms with Crippen molar-refractivity contribution in [2.24, 2.45) is 0 Å². The van der Waals surface area contributed by atoms with E-state index in [2.05, 4.69) is 31.3 Å². The van der Waals surface area contributed by atoms with Gasteiger partial charge in [0.1, 0.15) is 6.04 Å². The third kappa shape index (κ3) is 13.4. The molecule has 2 N–H and O–H groups in total. The Balaban J connectivity index is 2.25. The van der Waals surface area contributed by atoms with Crippen molar-refractivity contribution in [3.8, 4) is 0 Å². The van der Waals surface area contributed by atoms with Gasteiger partial charge in [0.05, 0.1) is 0 Å². The topological polar surface area (TPSA) is 49.3 Å². The second kappa shape index (κ2) is 17.4. The van der Waals surface area contributed by atoms with Gasteiger partial charge >= 0.3 is 5.97 Å². The Kier molecular flexibility index (Phi) is 15.3. The first-order valence-electron chi connectivity index (χ1n) is 12.3. The SMILES string of the molecule is CCCCCCCCCc1ccc(NC(CCCCCCCCC)C(=O)O)cc1. The van der Waals surface area contributed by atoms with Gasteiger partial charge in [0, 0.05) is 5.69 Å². The molecule has 3 heteroatoms. The first-order valence-corrected chi connectivity index (χ1v) is 12.3. The highest BCUT2D eigenvalue weighted by molar-refractivity contribution is 5.77. The average Bonchev–Trinajstić information content (AvgIpc) is 2.72. The fourth-order valence-electron chi connectivity index (χ4n) is 3.82. The molecule has 0 fully saturated rings. The fraction of sp³-hybridized carbons (Fsp3) is 0.731. The highest BCUT2D eigenvalue weighted by atomic mass is 16.4. The maximum absolute atomic E-state index is 11.6. The summed E-state index contributed by atoms with van der Waals surface area (Å²) in [6.45, 7) is 4.48. The van der Waals surface area contributed by atoms with Crippen LogP contribution in [0.1, 0.15) is 116 Å². The molecule has 1 rings (SSSR count). The minimum Gasteiger partial charge on any atom is -0.480 e. The lowest BCUT2D eigenvalue weighted by atomic mass is 10.0. The van der Waals surface area contributed by atoms with Crippen LogP contribution in [0.15, 0.2) is 24.3 Å². The summed E-state index contributed by atoms with van der Waals surface area (Å²) >= 11 is 0. The minimum absolute atomic E-state index is 0.486. The van der Waals surface area contributed by atoms with Crippen LogP contribution in [0.25, 0.3) is 0 Å². The third-order valence-corrected chi connectivity index (χ3v) is 5.76. The summed E-state index contributed by atoms with van der Waals surface area (Å²) in [5.74, 6) is -0.747. The number of aryl methyl sites for hydroxylation is 1. The number of rotatable bonds is 19. The molecule has 166 valence electrons. The van der Waals surface area contributed by atoms with E-state index in [4.69, 9.17) is 0 Å². The average molecular weight is 404 g/mol. The monoisotopic (exact) mass is 403 g/mol. The van der Waals surface area contributed by atoms with Crippen molar-refractivity contribution >= 4 is 11.7 Å². The molecule has 0 aliphatic carbocycles. The molecule has 0 aliphatic heterocycles. The molecule has 0 spiro atoms. The predicted octanol–water partition coefficient (Wildman–Crippen LogP) is 7.99. The van der Waals surface area contributed by atoms with E-state index in [1.54, 1.807) is 0 Å². The zero-order chi connectivity index (χ0) is 21.2. The molecule has 0 amide bonds. The molecular weight excluding hydrogens is 358 g/mol. The van der Waals surface area contributed by atoms with E-state index in [-0.39, 0.29) is 0 Å². The molecule has 0 aromatic heterocycles. The number of carboxylic acids is 1. The summed E-state index contributed by atoms with van der Waals surface area (Å²) in [6.07, 6.45) is 19.6. The molecule has 1 aromatic carbocycles. The van der Waals surface area contributed by atoms with Gasteiger partial charge < -0.3 is 10.4 Å². The molecule has 3 nitrogen and oxygen atoms in total. The van der Waals surface area contributed by atoms with E-state index in [1.807, 2.05) is 12.1 Å². The lowest BCUT2D eigenvalue weighted by Gasteiger charge is -2.16. The summed E-state index contributed by atoms with van der Waals surface area (Å²) in [4.78, 5) is 11.6. The van der Waals surface area contributed by atoms with Crippen molar-refractivity contribution in [3.63, 3.8) is 0 Å². The molecule has 0 heterocycles. The number of benzene rings is 1. The van der Waals surface area contributed by atoms with E-state index < -0.39 is 12.0 Å². The highest BCUT2D eigenvalue weighted by Crippen LogP contribution is 2.17. The molecular formula is C26H45NO2. The summed E-state index contributed by atoms with van der Waals surface area (Å²) in [6, 6.07) is 7.88. The first-order chi connectivity index (χ1) is 14.2. The van der Waals surface area contributed by atoms with Gasteiger partial charge in [0.2, 0.25) is 0 Å². The number of nitrogens with one attached hydrogen (secondary N) is 1. The van der Waals surface area contributed by atoms with Crippen LogP contribution in [-0.2, 0) is 11.2 Å². The lowest BCUT2D eigenvalue weighted by Crippen LogP contribution is -2.29. The van der Waals surface area contributed by atoms with E-state index in [1.165, 1.54) is 82.6 Å². The predicted molar refractivity (Wildman–Crippen MR) is 126 cm³/mol. The number of hydrogen-bond acceptors (Lipinski definition) is 2. The van der Waals surface area contributed by atoms with Crippen molar-refractivity contribution in [2.45, 2.75) is 123 Å². The Morgan fingerprint density at radius 2 is 1.24 bits per heavy atom. The van der Waals surface area contributed by atoms with Crippen LogP contribution in [0.3, 0.4) is 0 Å². The Morgan fingerprint density at radius 1 is 0.759 bits per heavy atom. The second-order valence-corrected chi connectivity index (χ2v) is 8.51. The van der Waals surface area contributed by atoms with Gasteiger partial charge in [-0.15, -0.1) is 0 Å². The van der Waals surface area contributed by atoms with E-state index >= 15 is 0 Å². The standard InChI is InChI=1S/C26H45NO2/c1-3-5-7-9-11-13-15-17-23-19-21-24(22-20-23)27-25(26(28)29)18-16-14-12-10-8-6-4-2/h19-22,25,27H,3-18H2,1-2H3,(H,28,29). The van der Waals surface area contributed by atoms with Crippen molar-refractivity contribution in [1.82, 2.24) is 0 Å². The summed E-state index contributed by atoms with van der Waals surface area (Å²) in [5.41, 5.74) is 2.27. The van der Waals surface area contributed by atoms with Crippen molar-refractivity contribution in [3.05, 3.63) is 29.8 Å². The summed E-state index contributed by atoms with van der Waals surface area (Å²) in [7, 11) is 0. The quantitative estimate of drug-likeness (QED) is 0.230. The van der Waals surface area contributed by atoms with Gasteiger partial charge in [-0.25, -0.2) is 4.79 Å². The molecule has 0 saturated carbocycles. The summed E-state index contributed by atoms with van der Waals surface area (Å²) < 4.78 is 0. The fourth-order valence-corrected chi connectivity index (χ4v) is 3.82. The van der Waals surface area contributed by atoms with Crippen LogP contribution in [0.5, 0.6) is 0 Å². The van der Waals surface area contributed by atoms with Crippen molar-refractivity contribution in [2.75, 3.05) is 5.32 Å². The maximum atomic E-state index is 11.6. The maximum Gasteiger partial charge on any atom is 0.326 e. The molecule has 1 atom stereocenters. The zero-order valence-electron chi connectivity index (χ0n) is 19.1. The molecule has 0 bridgehead atoms. The van der Waals surface area contributed by atoms with Gasteiger partial charge in [-0.2, -0.15) is 0 Å². The van der Waals surface area contributed by atoms with Crippen LogP contribution < -0.4 is 5.32 Å². The van der Waals surface area contributed by atoms with Crippen LogP contribution in [0, 0.1) is 0 Å². The molecule has 0 saturated heterocycles. The van der Waals surface area contributed by atoms with Gasteiger partial charge in [-0.3, -0.25) is 0 Å². The molecule has 1 unspecified atom stereocenters. The number of unbranched alkanes of at least 4 members (excludes halogenated alkanes) is 12. The Morgan fingerprint density at radius 3 is 1.76 bits per heavy atom.